The molecule has 3 N–H and O–H groups in total. The van der Waals surface area contributed by atoms with Crippen LogP contribution in [-0.4, -0.2) is 17.7 Å². The Morgan fingerprint density at radius 3 is 2.65 bits per heavy atom. The minimum atomic E-state index is -0.952. The standard InChI is InChI=1S/C10H11N3O4/c14-8(11-5-6-2-1-3-17-6)4-7-9(15)12-13-10(7)16/h1-3,7H,4-5H2,(H,11,14)(H,12,15)(H,13,16). The summed E-state index contributed by atoms with van der Waals surface area (Å²) in [4.78, 5) is 33.8. The first kappa shape index (κ1) is 11.2. The highest BCUT2D eigenvalue weighted by molar-refractivity contribution is 6.07. The average Bonchev–Trinajstić information content (AvgIpc) is 2.91. The zero-order chi connectivity index (χ0) is 12.3. The zero-order valence-electron chi connectivity index (χ0n) is 8.86. The summed E-state index contributed by atoms with van der Waals surface area (Å²) in [5.41, 5.74) is 4.31. The van der Waals surface area contributed by atoms with Crippen LogP contribution in [0.1, 0.15) is 12.2 Å². The van der Waals surface area contributed by atoms with Crippen LogP contribution in [0, 0.1) is 5.92 Å². The van der Waals surface area contributed by atoms with Crippen molar-refractivity contribution in [1.29, 1.82) is 0 Å². The van der Waals surface area contributed by atoms with E-state index >= 15 is 0 Å². The monoisotopic (exact) mass is 237 g/mol. The van der Waals surface area contributed by atoms with E-state index < -0.39 is 17.7 Å². The van der Waals surface area contributed by atoms with Crippen molar-refractivity contribution < 1.29 is 18.8 Å². The highest BCUT2D eigenvalue weighted by atomic mass is 16.3. The Morgan fingerprint density at radius 1 is 1.35 bits per heavy atom. The predicted octanol–water partition coefficient (Wildman–Crippen LogP) is -0.937. The molecule has 0 spiro atoms. The zero-order valence-corrected chi connectivity index (χ0v) is 8.86. The van der Waals surface area contributed by atoms with E-state index in [2.05, 4.69) is 16.2 Å². The van der Waals surface area contributed by atoms with E-state index in [1.54, 1.807) is 12.1 Å². The van der Waals surface area contributed by atoms with Crippen molar-refractivity contribution in [1.82, 2.24) is 16.2 Å². The number of hydrogen-bond donors (Lipinski definition) is 3. The van der Waals surface area contributed by atoms with Crippen LogP contribution in [-0.2, 0) is 20.9 Å². The van der Waals surface area contributed by atoms with Gasteiger partial charge in [-0.2, -0.15) is 0 Å². The molecule has 2 heterocycles. The number of hydrogen-bond acceptors (Lipinski definition) is 4. The van der Waals surface area contributed by atoms with E-state index in [-0.39, 0.29) is 18.9 Å². The predicted molar refractivity (Wildman–Crippen MR) is 54.9 cm³/mol. The van der Waals surface area contributed by atoms with E-state index in [4.69, 9.17) is 4.42 Å². The minimum Gasteiger partial charge on any atom is -0.467 e. The van der Waals surface area contributed by atoms with Gasteiger partial charge >= 0.3 is 0 Å². The molecule has 0 aliphatic carbocycles. The van der Waals surface area contributed by atoms with E-state index in [0.29, 0.717) is 5.76 Å². The van der Waals surface area contributed by atoms with Gasteiger partial charge in [0.15, 0.2) is 0 Å². The topological polar surface area (TPSA) is 100 Å². The summed E-state index contributed by atoms with van der Waals surface area (Å²) in [6, 6.07) is 3.43. The Balaban J connectivity index is 1.81. The molecule has 1 aromatic heterocycles. The fraction of sp³-hybridized carbons (Fsp3) is 0.300. The molecule has 1 aliphatic heterocycles. The molecule has 17 heavy (non-hydrogen) atoms. The second-order valence-electron chi connectivity index (χ2n) is 3.59. The van der Waals surface area contributed by atoms with Crippen LogP contribution in [0.25, 0.3) is 0 Å². The van der Waals surface area contributed by atoms with Gasteiger partial charge in [0.2, 0.25) is 5.91 Å². The number of furan rings is 1. The van der Waals surface area contributed by atoms with Gasteiger partial charge in [0.25, 0.3) is 11.8 Å². The van der Waals surface area contributed by atoms with Gasteiger partial charge in [-0.15, -0.1) is 0 Å². The molecule has 7 heteroatoms. The molecule has 2 rings (SSSR count). The van der Waals surface area contributed by atoms with Gasteiger partial charge in [-0.25, -0.2) is 0 Å². The van der Waals surface area contributed by atoms with Gasteiger partial charge in [-0.1, -0.05) is 0 Å². The fourth-order valence-electron chi connectivity index (χ4n) is 1.46. The highest BCUT2D eigenvalue weighted by Gasteiger charge is 2.34. The van der Waals surface area contributed by atoms with Crippen molar-refractivity contribution in [2.75, 3.05) is 0 Å². The van der Waals surface area contributed by atoms with Crippen LogP contribution < -0.4 is 16.2 Å². The van der Waals surface area contributed by atoms with Crippen LogP contribution in [0.4, 0.5) is 0 Å². The van der Waals surface area contributed by atoms with Crippen LogP contribution >= 0.6 is 0 Å². The Labute approximate surface area is 96.5 Å². The lowest BCUT2D eigenvalue weighted by Crippen LogP contribution is -2.29. The van der Waals surface area contributed by atoms with Gasteiger partial charge in [-0.05, 0) is 12.1 Å². The molecule has 0 radical (unpaired) electrons. The first-order chi connectivity index (χ1) is 8.16. The summed E-state index contributed by atoms with van der Waals surface area (Å²) in [5, 5.41) is 2.56. The average molecular weight is 237 g/mol. The maximum Gasteiger partial charge on any atom is 0.251 e. The third-order valence-corrected chi connectivity index (χ3v) is 2.37. The van der Waals surface area contributed by atoms with Gasteiger partial charge in [0.1, 0.15) is 11.7 Å². The van der Waals surface area contributed by atoms with Crippen LogP contribution in [0.5, 0.6) is 0 Å². The van der Waals surface area contributed by atoms with Gasteiger partial charge in [0, 0.05) is 6.42 Å². The first-order valence-electron chi connectivity index (χ1n) is 5.05. The Kier molecular flexibility index (Phi) is 3.08. The van der Waals surface area contributed by atoms with Crippen molar-refractivity contribution in [3.05, 3.63) is 24.2 Å². The maximum absolute atomic E-state index is 11.5. The molecule has 1 aliphatic rings. The number of hydrazine groups is 1. The summed E-state index contributed by atoms with van der Waals surface area (Å²) in [5.74, 6) is -1.69. The number of amides is 3. The SMILES string of the molecule is O=C(CC1C(=O)NNC1=O)NCc1ccco1. The smallest absolute Gasteiger partial charge is 0.251 e. The van der Waals surface area contributed by atoms with Crippen LogP contribution in [0.2, 0.25) is 0 Å². The van der Waals surface area contributed by atoms with Gasteiger partial charge < -0.3 is 9.73 Å². The third kappa shape index (κ3) is 2.63. The summed E-state index contributed by atoms with van der Waals surface area (Å²) >= 11 is 0. The molecule has 90 valence electrons. The van der Waals surface area contributed by atoms with Crippen molar-refractivity contribution in [3.8, 4) is 0 Å². The third-order valence-electron chi connectivity index (χ3n) is 2.37. The molecule has 1 aromatic rings. The lowest BCUT2D eigenvalue weighted by Gasteiger charge is -2.05. The Bertz CT molecular complexity index is 424. The van der Waals surface area contributed by atoms with Gasteiger partial charge in [0.05, 0.1) is 12.8 Å². The molecule has 0 bridgehead atoms. The normalized spacial score (nSPS) is 15.5. The molecule has 0 saturated carbocycles. The summed E-state index contributed by atoms with van der Waals surface area (Å²) in [6.45, 7) is 0.238. The van der Waals surface area contributed by atoms with Gasteiger partial charge in [-0.3, -0.25) is 25.2 Å². The lowest BCUT2D eigenvalue weighted by molar-refractivity contribution is -0.133. The number of rotatable bonds is 4. The molecular weight excluding hydrogens is 226 g/mol. The quantitative estimate of drug-likeness (QED) is 0.588. The van der Waals surface area contributed by atoms with Crippen molar-refractivity contribution in [2.45, 2.75) is 13.0 Å². The first-order valence-corrected chi connectivity index (χ1v) is 5.05. The maximum atomic E-state index is 11.5. The number of carbonyl (C=O) groups is 3. The fourth-order valence-corrected chi connectivity index (χ4v) is 1.46. The van der Waals surface area contributed by atoms with Crippen molar-refractivity contribution in [2.24, 2.45) is 5.92 Å². The van der Waals surface area contributed by atoms with Crippen molar-refractivity contribution in [3.63, 3.8) is 0 Å². The van der Waals surface area contributed by atoms with Crippen LogP contribution in [0.3, 0.4) is 0 Å². The molecule has 1 saturated heterocycles. The lowest BCUT2D eigenvalue weighted by atomic mass is 10.1. The number of carbonyl (C=O) groups excluding carboxylic acids is 3. The molecule has 3 amide bonds. The van der Waals surface area contributed by atoms with E-state index in [1.165, 1.54) is 6.26 Å². The summed E-state index contributed by atoms with van der Waals surface area (Å²) in [6.07, 6.45) is 1.33. The molecule has 0 unspecified atom stereocenters. The largest absolute Gasteiger partial charge is 0.467 e. The second-order valence-corrected chi connectivity index (χ2v) is 3.59. The molecule has 1 fully saturated rings. The van der Waals surface area contributed by atoms with Crippen molar-refractivity contribution >= 4 is 17.7 Å². The van der Waals surface area contributed by atoms with E-state index in [9.17, 15) is 14.4 Å². The molecule has 0 aromatic carbocycles. The second kappa shape index (κ2) is 4.69. The minimum absolute atomic E-state index is 0.168. The van der Waals surface area contributed by atoms with E-state index in [1.807, 2.05) is 0 Å². The molecular formula is C10H11N3O4. The molecule has 7 nitrogen and oxygen atoms in total. The number of nitrogens with one attached hydrogen (secondary N) is 3. The summed E-state index contributed by atoms with van der Waals surface area (Å²) in [7, 11) is 0. The Hall–Kier alpha value is -2.31. The summed E-state index contributed by atoms with van der Waals surface area (Å²) < 4.78 is 5.02. The molecule has 0 atom stereocenters. The van der Waals surface area contributed by atoms with E-state index in [0.717, 1.165) is 0 Å². The Morgan fingerprint density at radius 2 is 2.06 bits per heavy atom. The highest BCUT2D eigenvalue weighted by Crippen LogP contribution is 2.08. The van der Waals surface area contributed by atoms with Crippen LogP contribution in [0.15, 0.2) is 22.8 Å².